The molecule has 0 spiro atoms. The van der Waals surface area contributed by atoms with Crippen LogP contribution in [0.15, 0.2) is 72.8 Å². The van der Waals surface area contributed by atoms with Crippen LogP contribution < -0.4 is 4.74 Å². The highest BCUT2D eigenvalue weighted by atomic mass is 16.5. The molecule has 3 aromatic carbocycles. The SMILES string of the molecule is Cc1ccc(C2c3ccccc3Oc3ccccc32)cc1. The van der Waals surface area contributed by atoms with E-state index in [1.165, 1.54) is 22.3 Å². The predicted octanol–water partition coefficient (Wildman–Crippen LogP) is 5.28. The molecule has 1 aliphatic heterocycles. The first-order valence-corrected chi connectivity index (χ1v) is 7.25. The van der Waals surface area contributed by atoms with Crippen LogP contribution in [0.4, 0.5) is 0 Å². The smallest absolute Gasteiger partial charge is 0.131 e. The van der Waals surface area contributed by atoms with Crippen molar-refractivity contribution in [1.82, 2.24) is 0 Å². The van der Waals surface area contributed by atoms with Gasteiger partial charge < -0.3 is 4.74 Å². The Hall–Kier alpha value is -2.54. The van der Waals surface area contributed by atoms with Gasteiger partial charge in [-0.25, -0.2) is 0 Å². The molecule has 3 aromatic rings. The van der Waals surface area contributed by atoms with Crippen LogP contribution in [-0.2, 0) is 0 Å². The fourth-order valence-corrected chi connectivity index (χ4v) is 3.03. The fourth-order valence-electron chi connectivity index (χ4n) is 3.03. The third kappa shape index (κ3) is 2.02. The molecule has 0 saturated heterocycles. The number of ether oxygens (including phenoxy) is 1. The second-order valence-electron chi connectivity index (χ2n) is 5.52. The third-order valence-electron chi connectivity index (χ3n) is 4.09. The van der Waals surface area contributed by atoms with Gasteiger partial charge in [0.1, 0.15) is 11.5 Å². The summed E-state index contributed by atoms with van der Waals surface area (Å²) >= 11 is 0. The Morgan fingerprint density at radius 3 is 1.76 bits per heavy atom. The lowest BCUT2D eigenvalue weighted by atomic mass is 9.82. The Balaban J connectivity index is 1.95. The van der Waals surface area contributed by atoms with Gasteiger partial charge in [0.2, 0.25) is 0 Å². The number of fused-ring (bicyclic) bond motifs is 2. The first-order chi connectivity index (χ1) is 10.3. The number of hydrogen-bond acceptors (Lipinski definition) is 1. The van der Waals surface area contributed by atoms with E-state index in [0.717, 1.165) is 11.5 Å². The molecule has 21 heavy (non-hydrogen) atoms. The summed E-state index contributed by atoms with van der Waals surface area (Å²) in [6.07, 6.45) is 0. The van der Waals surface area contributed by atoms with E-state index in [9.17, 15) is 0 Å². The van der Waals surface area contributed by atoms with Crippen molar-refractivity contribution >= 4 is 0 Å². The van der Waals surface area contributed by atoms with E-state index in [4.69, 9.17) is 4.74 Å². The van der Waals surface area contributed by atoms with Crippen molar-refractivity contribution in [2.75, 3.05) is 0 Å². The average molecular weight is 272 g/mol. The van der Waals surface area contributed by atoms with E-state index in [0.29, 0.717) is 0 Å². The van der Waals surface area contributed by atoms with Crippen molar-refractivity contribution in [3.63, 3.8) is 0 Å². The van der Waals surface area contributed by atoms with E-state index >= 15 is 0 Å². The van der Waals surface area contributed by atoms with Crippen LogP contribution in [-0.4, -0.2) is 0 Å². The van der Waals surface area contributed by atoms with Crippen molar-refractivity contribution in [2.24, 2.45) is 0 Å². The van der Waals surface area contributed by atoms with E-state index in [2.05, 4.69) is 55.5 Å². The molecule has 0 unspecified atom stereocenters. The lowest BCUT2D eigenvalue weighted by Gasteiger charge is -2.28. The average Bonchev–Trinajstić information content (AvgIpc) is 2.53. The second kappa shape index (κ2) is 4.78. The molecule has 1 nitrogen and oxygen atoms in total. The molecule has 102 valence electrons. The van der Waals surface area contributed by atoms with Crippen LogP contribution in [0, 0.1) is 6.92 Å². The summed E-state index contributed by atoms with van der Waals surface area (Å²) in [6, 6.07) is 25.4. The minimum Gasteiger partial charge on any atom is -0.457 e. The zero-order valence-electron chi connectivity index (χ0n) is 11.9. The Bertz CT molecular complexity index is 741. The van der Waals surface area contributed by atoms with Gasteiger partial charge in [0, 0.05) is 17.0 Å². The van der Waals surface area contributed by atoms with Gasteiger partial charge in [0.05, 0.1) is 0 Å². The summed E-state index contributed by atoms with van der Waals surface area (Å²) in [5.41, 5.74) is 5.07. The Kier molecular flexibility index (Phi) is 2.78. The van der Waals surface area contributed by atoms with Crippen LogP contribution in [0.2, 0.25) is 0 Å². The fraction of sp³-hybridized carbons (Fsp3) is 0.100. The lowest BCUT2D eigenvalue weighted by Crippen LogP contribution is -2.11. The quantitative estimate of drug-likeness (QED) is 0.458. The van der Waals surface area contributed by atoms with Crippen molar-refractivity contribution < 1.29 is 4.74 Å². The molecular formula is C20H16O. The standard InChI is InChI=1S/C20H16O/c1-14-10-12-15(13-11-14)20-16-6-2-4-8-18(16)21-19-9-5-3-7-17(19)20/h2-13,20H,1H3. The molecule has 0 atom stereocenters. The second-order valence-corrected chi connectivity index (χ2v) is 5.52. The van der Waals surface area contributed by atoms with E-state index in [-0.39, 0.29) is 5.92 Å². The maximum absolute atomic E-state index is 6.05. The predicted molar refractivity (Wildman–Crippen MR) is 85.1 cm³/mol. The van der Waals surface area contributed by atoms with Gasteiger partial charge in [-0.2, -0.15) is 0 Å². The molecule has 1 aliphatic rings. The topological polar surface area (TPSA) is 9.23 Å². The van der Waals surface area contributed by atoms with Crippen LogP contribution in [0.1, 0.15) is 28.2 Å². The first-order valence-electron chi connectivity index (χ1n) is 7.25. The van der Waals surface area contributed by atoms with Gasteiger partial charge in [-0.05, 0) is 24.6 Å². The van der Waals surface area contributed by atoms with Crippen LogP contribution in [0.5, 0.6) is 11.5 Å². The van der Waals surface area contributed by atoms with Gasteiger partial charge in [-0.15, -0.1) is 0 Å². The highest BCUT2D eigenvalue weighted by molar-refractivity contribution is 5.58. The molecule has 1 heterocycles. The Labute approximate surface area is 124 Å². The summed E-state index contributed by atoms with van der Waals surface area (Å²) in [5, 5.41) is 0. The molecule has 0 aliphatic carbocycles. The molecule has 0 amide bonds. The summed E-state index contributed by atoms with van der Waals surface area (Å²) in [6.45, 7) is 2.12. The van der Waals surface area contributed by atoms with Crippen molar-refractivity contribution in [3.05, 3.63) is 95.1 Å². The van der Waals surface area contributed by atoms with E-state index in [1.54, 1.807) is 0 Å². The largest absolute Gasteiger partial charge is 0.457 e. The molecule has 4 rings (SSSR count). The Morgan fingerprint density at radius 2 is 1.19 bits per heavy atom. The molecule has 0 radical (unpaired) electrons. The highest BCUT2D eigenvalue weighted by Gasteiger charge is 2.27. The number of para-hydroxylation sites is 2. The number of aryl methyl sites for hydroxylation is 1. The van der Waals surface area contributed by atoms with E-state index in [1.807, 2.05) is 24.3 Å². The van der Waals surface area contributed by atoms with Gasteiger partial charge in [0.25, 0.3) is 0 Å². The summed E-state index contributed by atoms with van der Waals surface area (Å²) in [7, 11) is 0. The van der Waals surface area contributed by atoms with Crippen molar-refractivity contribution in [2.45, 2.75) is 12.8 Å². The van der Waals surface area contributed by atoms with Crippen LogP contribution in [0.25, 0.3) is 0 Å². The molecule has 0 saturated carbocycles. The number of hydrogen-bond donors (Lipinski definition) is 0. The number of benzene rings is 3. The summed E-state index contributed by atoms with van der Waals surface area (Å²) in [4.78, 5) is 0. The lowest BCUT2D eigenvalue weighted by molar-refractivity contribution is 0.453. The minimum absolute atomic E-state index is 0.242. The molecule has 0 fully saturated rings. The summed E-state index contributed by atoms with van der Waals surface area (Å²) in [5.74, 6) is 2.16. The maximum Gasteiger partial charge on any atom is 0.131 e. The highest BCUT2D eigenvalue weighted by Crippen LogP contribution is 2.46. The Morgan fingerprint density at radius 1 is 0.667 bits per heavy atom. The van der Waals surface area contributed by atoms with Gasteiger partial charge >= 0.3 is 0 Å². The molecule has 1 heteroatoms. The molecule has 0 aromatic heterocycles. The van der Waals surface area contributed by atoms with Crippen molar-refractivity contribution in [1.29, 1.82) is 0 Å². The van der Waals surface area contributed by atoms with Crippen molar-refractivity contribution in [3.8, 4) is 11.5 Å². The number of rotatable bonds is 1. The zero-order valence-corrected chi connectivity index (χ0v) is 11.9. The maximum atomic E-state index is 6.05. The molecular weight excluding hydrogens is 256 g/mol. The molecule has 0 N–H and O–H groups in total. The molecule has 0 bridgehead atoms. The van der Waals surface area contributed by atoms with Gasteiger partial charge in [-0.3, -0.25) is 0 Å². The van der Waals surface area contributed by atoms with Crippen LogP contribution >= 0.6 is 0 Å². The normalized spacial score (nSPS) is 13.2. The minimum atomic E-state index is 0.242. The van der Waals surface area contributed by atoms with Gasteiger partial charge in [-0.1, -0.05) is 66.2 Å². The monoisotopic (exact) mass is 272 g/mol. The van der Waals surface area contributed by atoms with E-state index < -0.39 is 0 Å². The first kappa shape index (κ1) is 12.2. The van der Waals surface area contributed by atoms with Crippen LogP contribution in [0.3, 0.4) is 0 Å². The summed E-state index contributed by atoms with van der Waals surface area (Å²) < 4.78 is 6.05. The third-order valence-corrected chi connectivity index (χ3v) is 4.09. The van der Waals surface area contributed by atoms with Gasteiger partial charge in [0.15, 0.2) is 0 Å². The zero-order chi connectivity index (χ0) is 14.2.